The average molecular weight is 310 g/mol. The lowest BCUT2D eigenvalue weighted by Gasteiger charge is -2.33. The second-order valence-electron chi connectivity index (χ2n) is 6.03. The molecule has 1 saturated heterocycles. The second-order valence-corrected chi connectivity index (χ2v) is 6.03. The number of nitrogens with one attached hydrogen (secondary N) is 1. The van der Waals surface area contributed by atoms with E-state index in [1.54, 1.807) is 20.8 Å². The standard InChI is InChI=1S/C12H18N6O4/c1-12(2,3)18(11(21)22)10(20)8-14-5-17(16-8)4-6-7(13)9(19)15-6/h5-7H,4,13H2,1-3H3,(H,15,19)(H,21,22)/t6-,7+/m1/s1. The predicted octanol–water partition coefficient (Wildman–Crippen LogP) is -0.977. The smallest absolute Gasteiger partial charge is 0.414 e. The third-order valence-electron chi connectivity index (χ3n) is 3.24. The summed E-state index contributed by atoms with van der Waals surface area (Å²) in [6.07, 6.45) is -0.0743. The number of aromatic nitrogens is 3. The number of hydrogen-bond donors (Lipinski definition) is 3. The predicted molar refractivity (Wildman–Crippen MR) is 73.9 cm³/mol. The minimum absolute atomic E-state index is 0.225. The molecule has 0 saturated carbocycles. The van der Waals surface area contributed by atoms with Crippen LogP contribution in [0.2, 0.25) is 0 Å². The van der Waals surface area contributed by atoms with Gasteiger partial charge in [-0.15, -0.1) is 5.10 Å². The maximum Gasteiger partial charge on any atom is 0.414 e. The number of rotatable bonds is 3. The molecule has 1 aliphatic heterocycles. The van der Waals surface area contributed by atoms with Crippen molar-refractivity contribution in [3.63, 3.8) is 0 Å². The Morgan fingerprint density at radius 2 is 2.14 bits per heavy atom. The molecule has 0 bridgehead atoms. The number of carboxylic acid groups (broad SMARTS) is 1. The topological polar surface area (TPSA) is 143 Å². The highest BCUT2D eigenvalue weighted by atomic mass is 16.4. The molecule has 4 N–H and O–H groups in total. The van der Waals surface area contributed by atoms with Gasteiger partial charge >= 0.3 is 12.0 Å². The van der Waals surface area contributed by atoms with E-state index in [-0.39, 0.29) is 24.3 Å². The number of nitrogens with two attached hydrogens (primary N) is 1. The van der Waals surface area contributed by atoms with Crippen molar-refractivity contribution in [3.05, 3.63) is 12.2 Å². The summed E-state index contributed by atoms with van der Waals surface area (Å²) in [5.74, 6) is -1.27. The number of imide groups is 1. The Balaban J connectivity index is 2.11. The summed E-state index contributed by atoms with van der Waals surface area (Å²) in [7, 11) is 0. The molecule has 0 unspecified atom stereocenters. The minimum atomic E-state index is -1.37. The minimum Gasteiger partial charge on any atom is -0.465 e. The third-order valence-corrected chi connectivity index (χ3v) is 3.24. The fourth-order valence-electron chi connectivity index (χ4n) is 2.07. The van der Waals surface area contributed by atoms with Gasteiger partial charge < -0.3 is 16.2 Å². The van der Waals surface area contributed by atoms with E-state index in [9.17, 15) is 19.5 Å². The van der Waals surface area contributed by atoms with Gasteiger partial charge in [0.1, 0.15) is 12.4 Å². The number of amides is 3. The van der Waals surface area contributed by atoms with Crippen LogP contribution in [0.3, 0.4) is 0 Å². The van der Waals surface area contributed by atoms with Gasteiger partial charge in [0.2, 0.25) is 11.7 Å². The Kier molecular flexibility index (Phi) is 3.88. The molecule has 10 heteroatoms. The Hall–Kier alpha value is -2.49. The quantitative estimate of drug-likeness (QED) is 0.609. The first-order valence-electron chi connectivity index (χ1n) is 6.64. The van der Waals surface area contributed by atoms with Crippen molar-refractivity contribution >= 4 is 17.9 Å². The summed E-state index contributed by atoms with van der Waals surface area (Å²) in [4.78, 5) is 39.0. The van der Waals surface area contributed by atoms with Crippen molar-refractivity contribution in [2.24, 2.45) is 5.73 Å². The largest absolute Gasteiger partial charge is 0.465 e. The number of carbonyl (C=O) groups is 3. The van der Waals surface area contributed by atoms with Crippen molar-refractivity contribution in [2.45, 2.75) is 44.9 Å². The van der Waals surface area contributed by atoms with E-state index in [1.807, 2.05) is 0 Å². The molecule has 0 aliphatic carbocycles. The van der Waals surface area contributed by atoms with Crippen molar-refractivity contribution < 1.29 is 19.5 Å². The highest BCUT2D eigenvalue weighted by Crippen LogP contribution is 2.16. The zero-order valence-electron chi connectivity index (χ0n) is 12.5. The molecule has 10 nitrogen and oxygen atoms in total. The molecule has 22 heavy (non-hydrogen) atoms. The monoisotopic (exact) mass is 310 g/mol. The zero-order chi connectivity index (χ0) is 16.7. The van der Waals surface area contributed by atoms with E-state index in [1.165, 1.54) is 11.0 Å². The molecule has 0 radical (unpaired) electrons. The van der Waals surface area contributed by atoms with Gasteiger partial charge in [0.15, 0.2) is 0 Å². The molecule has 120 valence electrons. The summed E-state index contributed by atoms with van der Waals surface area (Å²) < 4.78 is 1.35. The molecule has 1 fully saturated rings. The van der Waals surface area contributed by atoms with Gasteiger partial charge in [0, 0.05) is 5.54 Å². The van der Waals surface area contributed by atoms with Crippen LogP contribution in [0, 0.1) is 0 Å². The van der Waals surface area contributed by atoms with Gasteiger partial charge in [0.25, 0.3) is 0 Å². The molecule has 3 amide bonds. The van der Waals surface area contributed by atoms with Crippen LogP contribution in [-0.4, -0.2) is 60.3 Å². The number of nitrogens with zero attached hydrogens (tertiary/aromatic N) is 4. The molecule has 1 aromatic rings. The van der Waals surface area contributed by atoms with E-state index in [0.29, 0.717) is 4.90 Å². The zero-order valence-corrected chi connectivity index (χ0v) is 12.5. The number of carbonyl (C=O) groups excluding carboxylic acids is 2. The Morgan fingerprint density at radius 1 is 1.50 bits per heavy atom. The highest BCUT2D eigenvalue weighted by Gasteiger charge is 2.37. The van der Waals surface area contributed by atoms with Gasteiger partial charge in [-0.1, -0.05) is 0 Å². The highest BCUT2D eigenvalue weighted by molar-refractivity contribution is 6.00. The van der Waals surface area contributed by atoms with Crippen molar-refractivity contribution in [2.75, 3.05) is 0 Å². The van der Waals surface area contributed by atoms with E-state index in [4.69, 9.17) is 5.73 Å². The lowest BCUT2D eigenvalue weighted by atomic mass is 10.0. The van der Waals surface area contributed by atoms with Crippen molar-refractivity contribution in [1.29, 1.82) is 0 Å². The van der Waals surface area contributed by atoms with E-state index in [0.717, 1.165) is 0 Å². The molecular weight excluding hydrogens is 292 g/mol. The number of β-lactam (4-membered cyclic amide) rings is 1. The Morgan fingerprint density at radius 3 is 2.59 bits per heavy atom. The molecule has 2 atom stereocenters. The van der Waals surface area contributed by atoms with Gasteiger partial charge in [0.05, 0.1) is 12.6 Å². The first-order valence-corrected chi connectivity index (χ1v) is 6.64. The first-order chi connectivity index (χ1) is 10.1. The van der Waals surface area contributed by atoms with Crippen molar-refractivity contribution in [3.8, 4) is 0 Å². The summed E-state index contributed by atoms with van der Waals surface area (Å²) in [6, 6.07) is -0.899. The first kappa shape index (κ1) is 15.9. The van der Waals surface area contributed by atoms with Gasteiger partial charge in [-0.25, -0.2) is 19.4 Å². The fourth-order valence-corrected chi connectivity index (χ4v) is 2.07. The lowest BCUT2D eigenvalue weighted by molar-refractivity contribution is -0.130. The normalized spacial score (nSPS) is 21.0. The molecule has 1 aliphatic rings. The van der Waals surface area contributed by atoms with E-state index >= 15 is 0 Å². The van der Waals surface area contributed by atoms with Crippen LogP contribution < -0.4 is 11.1 Å². The maximum atomic E-state index is 12.2. The SMILES string of the molecule is CC(C)(C)N(C(=O)O)C(=O)c1ncn(C[C@H]2NC(=O)[C@H]2N)n1. The molecule has 2 heterocycles. The molecule has 1 aromatic heterocycles. The molecular formula is C12H18N6O4. The molecule has 2 rings (SSSR count). The second kappa shape index (κ2) is 5.37. The van der Waals surface area contributed by atoms with Crippen LogP contribution in [0.1, 0.15) is 31.4 Å². The third kappa shape index (κ3) is 2.91. The fraction of sp³-hybridized carbons (Fsp3) is 0.583. The lowest BCUT2D eigenvalue weighted by Crippen LogP contribution is -2.67. The van der Waals surface area contributed by atoms with Crippen LogP contribution in [0.4, 0.5) is 4.79 Å². The molecule has 0 spiro atoms. The average Bonchev–Trinajstić information content (AvgIpc) is 2.84. The van der Waals surface area contributed by atoms with Crippen LogP contribution in [-0.2, 0) is 11.3 Å². The van der Waals surface area contributed by atoms with Crippen LogP contribution in [0.25, 0.3) is 0 Å². The summed E-state index contributed by atoms with van der Waals surface area (Å²) in [5.41, 5.74) is 4.68. The van der Waals surface area contributed by atoms with Crippen molar-refractivity contribution in [1.82, 2.24) is 25.0 Å². The van der Waals surface area contributed by atoms with Crippen LogP contribution in [0.5, 0.6) is 0 Å². The number of hydrogen-bond acceptors (Lipinski definition) is 6. The van der Waals surface area contributed by atoms with E-state index in [2.05, 4.69) is 15.4 Å². The van der Waals surface area contributed by atoms with Crippen LogP contribution in [0.15, 0.2) is 6.33 Å². The Bertz CT molecular complexity index is 619. The summed E-state index contributed by atoms with van der Waals surface area (Å²) in [6.45, 7) is 5.05. The van der Waals surface area contributed by atoms with Gasteiger partial charge in [-0.2, -0.15) is 0 Å². The van der Waals surface area contributed by atoms with Gasteiger partial charge in [-0.3, -0.25) is 9.59 Å². The van der Waals surface area contributed by atoms with Crippen LogP contribution >= 0.6 is 0 Å². The van der Waals surface area contributed by atoms with Gasteiger partial charge in [-0.05, 0) is 20.8 Å². The molecule has 0 aromatic carbocycles. The maximum absolute atomic E-state index is 12.2. The summed E-state index contributed by atoms with van der Waals surface area (Å²) in [5, 5.41) is 15.7. The Labute approximate surface area is 126 Å². The van der Waals surface area contributed by atoms with E-state index < -0.39 is 23.6 Å². The summed E-state index contributed by atoms with van der Waals surface area (Å²) >= 11 is 0.